The Labute approximate surface area is 196 Å². The third-order valence-electron chi connectivity index (χ3n) is 5.00. The molecule has 1 heterocycles. The van der Waals surface area contributed by atoms with Gasteiger partial charge >= 0.3 is 5.97 Å². The lowest BCUT2D eigenvalue weighted by Gasteiger charge is -2.08. The highest BCUT2D eigenvalue weighted by Crippen LogP contribution is 2.24. The van der Waals surface area contributed by atoms with Gasteiger partial charge in [-0.25, -0.2) is 4.79 Å². The summed E-state index contributed by atoms with van der Waals surface area (Å²) in [5.41, 5.74) is 3.15. The van der Waals surface area contributed by atoms with Crippen molar-refractivity contribution >= 4 is 27.3 Å². The number of aryl methyl sites for hydroxylation is 1. The molecule has 0 aliphatic carbocycles. The largest absolute Gasteiger partial charge is 0.423 e. The van der Waals surface area contributed by atoms with Crippen LogP contribution in [-0.4, -0.2) is 19.0 Å². The predicted octanol–water partition coefficient (Wildman–Crippen LogP) is 5.05. The number of esters is 1. The molecule has 0 unspecified atom stereocenters. The zero-order valence-electron chi connectivity index (χ0n) is 18.1. The zero-order valence-corrected chi connectivity index (χ0v) is 19.8. The predicted molar refractivity (Wildman–Crippen MR) is 129 cm³/mol. The fraction of sp³-hybridized carbons (Fsp3) is 0.120. The fourth-order valence-corrected chi connectivity index (χ4v) is 5.43. The lowest BCUT2D eigenvalue weighted by Crippen LogP contribution is -2.17. The minimum Gasteiger partial charge on any atom is -0.423 e. The molecule has 8 heteroatoms. The third-order valence-corrected chi connectivity index (χ3v) is 7.26. The molecule has 3 aromatic carbocycles. The van der Waals surface area contributed by atoms with Crippen LogP contribution in [-0.2, 0) is 16.6 Å². The van der Waals surface area contributed by atoms with Gasteiger partial charge in [0.25, 0.3) is 10.0 Å². The highest BCUT2D eigenvalue weighted by Gasteiger charge is 2.15. The van der Waals surface area contributed by atoms with E-state index in [1.165, 1.54) is 11.3 Å². The molecular formula is C25H22N2O4S2. The normalized spacial score (nSPS) is 12.0. The number of carbonyl (C=O) groups is 1. The Morgan fingerprint density at radius 2 is 1.64 bits per heavy atom. The van der Waals surface area contributed by atoms with Crippen molar-refractivity contribution in [3.05, 3.63) is 100 Å². The Kier molecular flexibility index (Phi) is 6.57. The van der Waals surface area contributed by atoms with Crippen LogP contribution in [0.4, 0.5) is 0 Å². The van der Waals surface area contributed by atoms with Crippen molar-refractivity contribution in [2.75, 3.05) is 0 Å². The van der Waals surface area contributed by atoms with Crippen LogP contribution in [0.3, 0.4) is 0 Å². The summed E-state index contributed by atoms with van der Waals surface area (Å²) in [5.74, 6) is 0.00245. The molecular weight excluding hydrogens is 456 g/mol. The molecule has 0 atom stereocenters. The van der Waals surface area contributed by atoms with E-state index in [0.717, 1.165) is 16.8 Å². The van der Waals surface area contributed by atoms with Crippen molar-refractivity contribution in [3.63, 3.8) is 0 Å². The molecule has 33 heavy (non-hydrogen) atoms. The van der Waals surface area contributed by atoms with Gasteiger partial charge in [0.15, 0.2) is 0 Å². The smallest absolute Gasteiger partial charge is 0.343 e. The first-order valence-electron chi connectivity index (χ1n) is 10.3. The van der Waals surface area contributed by atoms with Gasteiger partial charge in [-0.15, -0.1) is 15.7 Å². The molecule has 0 aliphatic heterocycles. The molecule has 0 aliphatic rings. The van der Waals surface area contributed by atoms with Crippen LogP contribution in [0.15, 0.2) is 93.5 Å². The van der Waals surface area contributed by atoms with E-state index in [2.05, 4.69) is 4.40 Å². The van der Waals surface area contributed by atoms with E-state index >= 15 is 0 Å². The first-order valence-corrected chi connectivity index (χ1v) is 12.6. The maximum Gasteiger partial charge on any atom is 0.343 e. The summed E-state index contributed by atoms with van der Waals surface area (Å²) in [6.45, 7) is 4.38. The van der Waals surface area contributed by atoms with E-state index in [1.54, 1.807) is 60.7 Å². The van der Waals surface area contributed by atoms with E-state index < -0.39 is 16.0 Å². The molecule has 0 amide bonds. The summed E-state index contributed by atoms with van der Waals surface area (Å²) in [6, 6.07) is 22.5. The molecule has 0 saturated heterocycles. The van der Waals surface area contributed by atoms with Gasteiger partial charge in [-0.3, -0.25) is 0 Å². The Hall–Kier alpha value is -3.49. The fourth-order valence-electron chi connectivity index (χ4n) is 3.24. The molecule has 4 aromatic rings. The summed E-state index contributed by atoms with van der Waals surface area (Å²) >= 11 is 1.26. The number of thiazole rings is 1. The van der Waals surface area contributed by atoms with Gasteiger partial charge in [0.2, 0.25) is 4.80 Å². The second-order valence-electron chi connectivity index (χ2n) is 7.31. The number of benzene rings is 3. The standard InChI is InChI=1S/C25H22N2O4S2/c1-3-27-23(17-32-25(27)26-33(29,30)22-15-9-18(2)10-16-22)19-11-13-21(14-12-19)31-24(28)20-7-5-4-6-8-20/h4-17H,3H2,1-2H3. The lowest BCUT2D eigenvalue weighted by molar-refractivity contribution is 0.0734. The Morgan fingerprint density at radius 3 is 2.27 bits per heavy atom. The second kappa shape index (κ2) is 9.56. The highest BCUT2D eigenvalue weighted by molar-refractivity contribution is 7.90. The van der Waals surface area contributed by atoms with E-state index in [9.17, 15) is 13.2 Å². The SMILES string of the molecule is CCn1c(-c2ccc(OC(=O)c3ccccc3)cc2)csc1=NS(=O)(=O)c1ccc(C)cc1. The Morgan fingerprint density at radius 1 is 0.970 bits per heavy atom. The number of aromatic nitrogens is 1. The van der Waals surface area contributed by atoms with Gasteiger partial charge in [0.05, 0.1) is 16.2 Å². The Bertz CT molecular complexity index is 1440. The van der Waals surface area contributed by atoms with Crippen molar-refractivity contribution in [2.24, 2.45) is 4.40 Å². The van der Waals surface area contributed by atoms with E-state index in [0.29, 0.717) is 22.7 Å². The topological polar surface area (TPSA) is 77.7 Å². The molecule has 0 saturated carbocycles. The van der Waals surface area contributed by atoms with E-state index in [1.807, 2.05) is 42.0 Å². The molecule has 168 valence electrons. The summed E-state index contributed by atoms with van der Waals surface area (Å²) in [7, 11) is -3.82. The van der Waals surface area contributed by atoms with Crippen molar-refractivity contribution < 1.29 is 17.9 Å². The minimum absolute atomic E-state index is 0.162. The molecule has 0 fully saturated rings. The molecule has 0 N–H and O–H groups in total. The average Bonchev–Trinajstić information content (AvgIpc) is 3.22. The molecule has 0 bridgehead atoms. The van der Waals surface area contributed by atoms with Crippen LogP contribution in [0, 0.1) is 6.92 Å². The van der Waals surface area contributed by atoms with Crippen molar-refractivity contribution in [1.82, 2.24) is 4.57 Å². The van der Waals surface area contributed by atoms with Crippen molar-refractivity contribution in [1.29, 1.82) is 0 Å². The maximum absolute atomic E-state index is 12.8. The lowest BCUT2D eigenvalue weighted by atomic mass is 10.1. The van der Waals surface area contributed by atoms with Crippen LogP contribution in [0.1, 0.15) is 22.8 Å². The summed E-state index contributed by atoms with van der Waals surface area (Å²) < 4.78 is 36.9. The second-order valence-corrected chi connectivity index (χ2v) is 9.75. The van der Waals surface area contributed by atoms with Crippen LogP contribution in [0.5, 0.6) is 5.75 Å². The number of sulfonamides is 1. The quantitative estimate of drug-likeness (QED) is 0.287. The van der Waals surface area contributed by atoms with Gasteiger partial charge in [-0.05, 0) is 67.9 Å². The van der Waals surface area contributed by atoms with Crippen LogP contribution in [0.2, 0.25) is 0 Å². The van der Waals surface area contributed by atoms with Gasteiger partial charge < -0.3 is 9.30 Å². The first-order chi connectivity index (χ1) is 15.9. The minimum atomic E-state index is -3.82. The number of rotatable bonds is 6. The summed E-state index contributed by atoms with van der Waals surface area (Å²) in [6.07, 6.45) is 0. The van der Waals surface area contributed by atoms with Crippen LogP contribution >= 0.6 is 11.3 Å². The number of hydrogen-bond donors (Lipinski definition) is 0. The monoisotopic (exact) mass is 478 g/mol. The number of hydrogen-bond acceptors (Lipinski definition) is 5. The average molecular weight is 479 g/mol. The van der Waals surface area contributed by atoms with Crippen molar-refractivity contribution in [2.45, 2.75) is 25.3 Å². The Balaban J connectivity index is 1.61. The number of ether oxygens (including phenoxy) is 1. The van der Waals surface area contributed by atoms with Gasteiger partial charge in [-0.1, -0.05) is 35.9 Å². The molecule has 4 rings (SSSR count). The van der Waals surface area contributed by atoms with E-state index in [4.69, 9.17) is 4.74 Å². The van der Waals surface area contributed by atoms with Crippen molar-refractivity contribution in [3.8, 4) is 17.0 Å². The van der Waals surface area contributed by atoms with Gasteiger partial charge in [-0.2, -0.15) is 8.42 Å². The highest BCUT2D eigenvalue weighted by atomic mass is 32.2. The van der Waals surface area contributed by atoms with Gasteiger partial charge in [0, 0.05) is 11.9 Å². The molecule has 1 aromatic heterocycles. The zero-order chi connectivity index (χ0) is 23.4. The first kappa shape index (κ1) is 22.7. The van der Waals surface area contributed by atoms with E-state index in [-0.39, 0.29) is 4.90 Å². The third kappa shape index (κ3) is 5.13. The molecule has 0 radical (unpaired) electrons. The maximum atomic E-state index is 12.8. The number of nitrogens with zero attached hydrogens (tertiary/aromatic N) is 2. The molecule has 0 spiro atoms. The number of carbonyl (C=O) groups excluding carboxylic acids is 1. The summed E-state index contributed by atoms with van der Waals surface area (Å²) in [5, 5.41) is 1.87. The van der Waals surface area contributed by atoms with Gasteiger partial charge in [0.1, 0.15) is 5.75 Å². The van der Waals surface area contributed by atoms with Crippen LogP contribution in [0.25, 0.3) is 11.3 Å². The molecule has 6 nitrogen and oxygen atoms in total. The van der Waals surface area contributed by atoms with Crippen LogP contribution < -0.4 is 9.54 Å². The summed E-state index contributed by atoms with van der Waals surface area (Å²) in [4.78, 5) is 12.8.